The fraction of sp³-hybridized carbons (Fsp3) is 0.308. The lowest BCUT2D eigenvalue weighted by Gasteiger charge is -2.22. The van der Waals surface area contributed by atoms with Crippen LogP contribution in [0.3, 0.4) is 0 Å². The van der Waals surface area contributed by atoms with Crippen molar-refractivity contribution in [3.63, 3.8) is 0 Å². The summed E-state index contributed by atoms with van der Waals surface area (Å²) < 4.78 is 13.3. The second-order valence-corrected chi connectivity index (χ2v) is 5.43. The van der Waals surface area contributed by atoms with Crippen LogP contribution >= 0.6 is 11.6 Å². The molecule has 0 aliphatic carbocycles. The Labute approximate surface area is 105 Å². The first-order valence-corrected chi connectivity index (χ1v) is 5.76. The van der Waals surface area contributed by atoms with Crippen LogP contribution in [-0.4, -0.2) is 10.5 Å². The van der Waals surface area contributed by atoms with Gasteiger partial charge in [-0.25, -0.2) is 9.37 Å². The predicted octanol–water partition coefficient (Wildman–Crippen LogP) is 4.24. The van der Waals surface area contributed by atoms with E-state index in [4.69, 9.17) is 11.6 Å². The van der Waals surface area contributed by atoms with Crippen LogP contribution in [0.5, 0.6) is 0 Å². The minimum Gasteiger partial charge on any atom is -0.365 e. The molecule has 0 unspecified atom stereocenters. The molecule has 1 aromatic heterocycles. The smallest absolute Gasteiger partial charge is 0.142 e. The van der Waals surface area contributed by atoms with Crippen LogP contribution in [0.1, 0.15) is 20.8 Å². The van der Waals surface area contributed by atoms with Gasteiger partial charge in [-0.15, -0.1) is 0 Å². The van der Waals surface area contributed by atoms with Crippen molar-refractivity contribution in [2.24, 2.45) is 0 Å². The van der Waals surface area contributed by atoms with Gasteiger partial charge in [0.15, 0.2) is 0 Å². The quantitative estimate of drug-likeness (QED) is 0.821. The Balaban J connectivity index is 2.61. The monoisotopic (exact) mass is 252 g/mol. The van der Waals surface area contributed by atoms with E-state index in [2.05, 4.69) is 10.3 Å². The molecular weight excluding hydrogens is 239 g/mol. The van der Waals surface area contributed by atoms with Gasteiger partial charge in [-0.05, 0) is 44.4 Å². The summed E-state index contributed by atoms with van der Waals surface area (Å²) in [6.07, 6.45) is 1.66. The number of nitrogens with zero attached hydrogens (tertiary/aromatic N) is 1. The van der Waals surface area contributed by atoms with Gasteiger partial charge in [0.05, 0.1) is 5.02 Å². The second kappa shape index (κ2) is 4.15. The molecule has 0 spiro atoms. The van der Waals surface area contributed by atoms with Crippen LogP contribution in [-0.2, 0) is 0 Å². The summed E-state index contributed by atoms with van der Waals surface area (Å²) in [5, 5.41) is 5.01. The molecule has 0 amide bonds. The number of rotatable bonds is 1. The highest BCUT2D eigenvalue weighted by Gasteiger charge is 2.13. The van der Waals surface area contributed by atoms with Gasteiger partial charge < -0.3 is 5.32 Å². The number of aromatic nitrogens is 1. The highest BCUT2D eigenvalue weighted by atomic mass is 35.5. The van der Waals surface area contributed by atoms with Crippen molar-refractivity contribution in [2.75, 3.05) is 5.32 Å². The molecule has 0 saturated carbocycles. The van der Waals surface area contributed by atoms with E-state index in [0.29, 0.717) is 0 Å². The van der Waals surface area contributed by atoms with Crippen LogP contribution in [0.25, 0.3) is 10.8 Å². The fourth-order valence-corrected chi connectivity index (χ4v) is 1.79. The van der Waals surface area contributed by atoms with Crippen molar-refractivity contribution >= 4 is 28.2 Å². The largest absolute Gasteiger partial charge is 0.365 e. The van der Waals surface area contributed by atoms with Gasteiger partial charge in [-0.2, -0.15) is 0 Å². The van der Waals surface area contributed by atoms with E-state index in [1.54, 1.807) is 18.3 Å². The summed E-state index contributed by atoms with van der Waals surface area (Å²) in [4.78, 5) is 4.27. The van der Waals surface area contributed by atoms with Crippen molar-refractivity contribution in [3.05, 3.63) is 35.2 Å². The van der Waals surface area contributed by atoms with Crippen molar-refractivity contribution in [2.45, 2.75) is 26.3 Å². The first-order chi connectivity index (χ1) is 7.87. The number of benzene rings is 1. The standard InChI is InChI=1S/C13H14ClFN2/c1-13(2,3)17-12-9-7-10(14)11(15)6-8(9)4-5-16-12/h4-7H,1-3H3,(H,16,17). The average Bonchev–Trinajstić information content (AvgIpc) is 2.19. The number of nitrogens with one attached hydrogen (secondary N) is 1. The van der Waals surface area contributed by atoms with Gasteiger partial charge in [0.2, 0.25) is 0 Å². The van der Waals surface area contributed by atoms with Crippen molar-refractivity contribution in [1.82, 2.24) is 4.98 Å². The second-order valence-electron chi connectivity index (χ2n) is 5.02. The summed E-state index contributed by atoms with van der Waals surface area (Å²) in [6, 6.07) is 4.79. The summed E-state index contributed by atoms with van der Waals surface area (Å²) in [7, 11) is 0. The van der Waals surface area contributed by atoms with Crippen molar-refractivity contribution in [1.29, 1.82) is 0 Å². The minimum atomic E-state index is -0.410. The molecule has 0 saturated heterocycles. The number of halogens is 2. The lowest BCUT2D eigenvalue weighted by Crippen LogP contribution is -2.26. The Morgan fingerprint density at radius 2 is 2.00 bits per heavy atom. The van der Waals surface area contributed by atoms with Gasteiger partial charge in [0.25, 0.3) is 0 Å². The molecule has 2 nitrogen and oxygen atoms in total. The third-order valence-electron chi connectivity index (χ3n) is 2.30. The molecule has 4 heteroatoms. The summed E-state index contributed by atoms with van der Waals surface area (Å²) in [5.41, 5.74) is -0.109. The first kappa shape index (κ1) is 12.1. The van der Waals surface area contributed by atoms with Gasteiger partial charge >= 0.3 is 0 Å². The Morgan fingerprint density at radius 3 is 2.65 bits per heavy atom. The first-order valence-electron chi connectivity index (χ1n) is 5.39. The Bertz CT molecular complexity index is 561. The van der Waals surface area contributed by atoms with Gasteiger partial charge in [0, 0.05) is 17.1 Å². The predicted molar refractivity (Wildman–Crippen MR) is 70.1 cm³/mol. The number of hydrogen-bond acceptors (Lipinski definition) is 2. The molecule has 1 aromatic carbocycles. The van der Waals surface area contributed by atoms with E-state index in [9.17, 15) is 4.39 Å². The molecule has 90 valence electrons. The molecule has 2 rings (SSSR count). The van der Waals surface area contributed by atoms with Gasteiger partial charge in [-0.3, -0.25) is 0 Å². The van der Waals surface area contributed by atoms with Crippen LogP contribution in [0.4, 0.5) is 10.2 Å². The van der Waals surface area contributed by atoms with Crippen molar-refractivity contribution < 1.29 is 4.39 Å². The van der Waals surface area contributed by atoms with Crippen molar-refractivity contribution in [3.8, 4) is 0 Å². The van der Waals surface area contributed by atoms with E-state index in [-0.39, 0.29) is 10.6 Å². The maximum absolute atomic E-state index is 13.3. The van der Waals surface area contributed by atoms with Crippen LogP contribution in [0.2, 0.25) is 5.02 Å². The number of pyridine rings is 1. The number of fused-ring (bicyclic) bond motifs is 1. The number of anilines is 1. The van der Waals surface area contributed by atoms with Gasteiger partial charge in [-0.1, -0.05) is 11.6 Å². The summed E-state index contributed by atoms with van der Waals surface area (Å²) in [6.45, 7) is 6.12. The highest BCUT2D eigenvalue weighted by Crippen LogP contribution is 2.28. The van der Waals surface area contributed by atoms with E-state index in [1.165, 1.54) is 6.07 Å². The highest BCUT2D eigenvalue weighted by molar-refractivity contribution is 6.31. The molecule has 17 heavy (non-hydrogen) atoms. The van der Waals surface area contributed by atoms with Gasteiger partial charge in [0.1, 0.15) is 11.6 Å². The molecule has 0 fully saturated rings. The topological polar surface area (TPSA) is 24.9 Å². The zero-order valence-corrected chi connectivity index (χ0v) is 10.8. The van der Waals surface area contributed by atoms with E-state index in [0.717, 1.165) is 16.6 Å². The zero-order valence-electron chi connectivity index (χ0n) is 10.0. The SMILES string of the molecule is CC(C)(C)Nc1nccc2cc(F)c(Cl)cc12. The van der Waals surface area contributed by atoms with Crippen LogP contribution in [0.15, 0.2) is 24.4 Å². The minimum absolute atomic E-state index is 0.109. The average molecular weight is 253 g/mol. The van der Waals surface area contributed by atoms with Crippen LogP contribution in [0, 0.1) is 5.82 Å². The van der Waals surface area contributed by atoms with E-state index >= 15 is 0 Å². The third kappa shape index (κ3) is 2.67. The molecule has 1 heterocycles. The molecule has 0 aliphatic heterocycles. The molecule has 0 atom stereocenters. The summed E-state index contributed by atoms with van der Waals surface area (Å²) in [5.74, 6) is 0.309. The lowest BCUT2D eigenvalue weighted by atomic mass is 10.1. The fourth-order valence-electron chi connectivity index (χ4n) is 1.62. The number of hydrogen-bond donors (Lipinski definition) is 1. The Kier molecular flexibility index (Phi) is 2.96. The maximum Gasteiger partial charge on any atom is 0.142 e. The molecular formula is C13H14ClFN2. The molecule has 2 aromatic rings. The normalized spacial score (nSPS) is 11.8. The lowest BCUT2D eigenvalue weighted by molar-refractivity contribution is 0.629. The Morgan fingerprint density at radius 1 is 1.29 bits per heavy atom. The van der Waals surface area contributed by atoms with E-state index in [1.807, 2.05) is 20.8 Å². The third-order valence-corrected chi connectivity index (χ3v) is 2.59. The Hall–Kier alpha value is -1.35. The van der Waals surface area contributed by atoms with Crippen LogP contribution < -0.4 is 5.32 Å². The molecule has 0 aliphatic rings. The molecule has 0 radical (unpaired) electrons. The summed E-state index contributed by atoms with van der Waals surface area (Å²) >= 11 is 5.80. The zero-order chi connectivity index (χ0) is 12.6. The van der Waals surface area contributed by atoms with E-state index < -0.39 is 5.82 Å². The molecule has 1 N–H and O–H groups in total. The molecule has 0 bridgehead atoms. The maximum atomic E-state index is 13.3.